The molecule has 0 aliphatic rings. The monoisotopic (exact) mass is 630 g/mol. The third-order valence-corrected chi connectivity index (χ3v) is 7.40. The van der Waals surface area contributed by atoms with Gasteiger partial charge in [-0.15, -0.1) is 0 Å². The highest BCUT2D eigenvalue weighted by atomic mass is 127. The zero-order valence-corrected chi connectivity index (χ0v) is 20.7. The summed E-state index contributed by atoms with van der Waals surface area (Å²) in [5.74, 6) is 1.27. The van der Waals surface area contributed by atoms with E-state index in [2.05, 4.69) is 79.4 Å². The molecule has 0 fully saturated rings. The number of imidazole rings is 1. The smallest absolute Gasteiger partial charge is 0.294 e. The van der Waals surface area contributed by atoms with Crippen LogP contribution in [-0.2, 0) is 13.0 Å². The van der Waals surface area contributed by atoms with Crippen molar-refractivity contribution in [2.45, 2.75) is 23.0 Å². The van der Waals surface area contributed by atoms with E-state index >= 15 is 0 Å². The number of nitrogens with two attached hydrogens (primary N) is 1. The Morgan fingerprint density at radius 2 is 1.97 bits per heavy atom. The molecule has 148 valence electrons. The summed E-state index contributed by atoms with van der Waals surface area (Å²) in [6.45, 7) is 0.774. The lowest BCUT2D eigenvalue weighted by Gasteiger charge is -2.04. The van der Waals surface area contributed by atoms with E-state index in [1.165, 1.54) is 9.13 Å². The first-order valence-corrected chi connectivity index (χ1v) is 11.8. The second-order valence-corrected chi connectivity index (χ2v) is 9.78. The predicted molar refractivity (Wildman–Crippen MR) is 131 cm³/mol. The second-order valence-electron chi connectivity index (χ2n) is 6.34. The number of rotatable bonds is 6. The molecule has 0 atom stereocenters. The fourth-order valence-corrected chi connectivity index (χ4v) is 4.75. The molecular formula is C20H18I2N5OS+. The number of hydrogen-bond donors (Lipinski definition) is 2. The zero-order chi connectivity index (χ0) is 20.4. The molecule has 6 nitrogen and oxygen atoms in total. The molecule has 29 heavy (non-hydrogen) atoms. The maximum absolute atomic E-state index is 6.10. The van der Waals surface area contributed by atoms with Gasteiger partial charge in [0.1, 0.15) is 5.75 Å². The number of fused-ring (bicyclic) bond motifs is 1. The average molecular weight is 630 g/mol. The molecule has 0 spiro atoms. The number of hydrogen-bond acceptors (Lipinski definition) is 5. The normalized spacial score (nSPS) is 11.1. The van der Waals surface area contributed by atoms with Crippen LogP contribution < -0.4 is 15.0 Å². The quantitative estimate of drug-likeness (QED) is 0.244. The summed E-state index contributed by atoms with van der Waals surface area (Å²) in [7, 11) is 1.67. The number of nitrogens with one attached hydrogen (secondary N) is 1. The van der Waals surface area contributed by atoms with Crippen LogP contribution in [-0.4, -0.2) is 22.1 Å². The van der Waals surface area contributed by atoms with Crippen molar-refractivity contribution in [2.24, 2.45) is 0 Å². The molecule has 0 aliphatic carbocycles. The fourth-order valence-electron chi connectivity index (χ4n) is 2.89. The molecule has 0 saturated carbocycles. The van der Waals surface area contributed by atoms with Gasteiger partial charge >= 0.3 is 0 Å². The molecule has 2 aromatic heterocycles. The van der Waals surface area contributed by atoms with Crippen molar-refractivity contribution in [2.75, 3.05) is 12.8 Å². The van der Waals surface area contributed by atoms with Crippen LogP contribution in [0.4, 0.5) is 5.82 Å². The highest BCUT2D eigenvalue weighted by Gasteiger charge is 2.20. The number of H-pyrrole nitrogens is 1. The van der Waals surface area contributed by atoms with E-state index < -0.39 is 0 Å². The Bertz CT molecular complexity index is 1160. The first kappa shape index (κ1) is 20.7. The number of aromatic amines is 1. The summed E-state index contributed by atoms with van der Waals surface area (Å²) in [5.41, 5.74) is 8.95. The van der Waals surface area contributed by atoms with Gasteiger partial charge in [0, 0.05) is 18.5 Å². The van der Waals surface area contributed by atoms with Crippen molar-refractivity contribution in [3.63, 3.8) is 0 Å². The lowest BCUT2D eigenvalue weighted by molar-refractivity contribution is -0.675. The van der Waals surface area contributed by atoms with Gasteiger partial charge in [0.15, 0.2) is 5.52 Å². The lowest BCUT2D eigenvalue weighted by Crippen LogP contribution is -2.36. The van der Waals surface area contributed by atoms with E-state index in [0.717, 1.165) is 43.5 Å². The third-order valence-electron chi connectivity index (χ3n) is 4.43. The third kappa shape index (κ3) is 4.77. The van der Waals surface area contributed by atoms with Gasteiger partial charge in [-0.2, -0.15) is 0 Å². The first-order valence-electron chi connectivity index (χ1n) is 8.83. The molecule has 0 saturated heterocycles. The van der Waals surface area contributed by atoms with E-state index in [0.29, 0.717) is 5.82 Å². The van der Waals surface area contributed by atoms with Crippen LogP contribution >= 0.6 is 56.9 Å². The molecule has 0 unspecified atom stereocenters. The number of anilines is 1. The van der Waals surface area contributed by atoms with Crippen molar-refractivity contribution >= 4 is 73.9 Å². The van der Waals surface area contributed by atoms with Crippen molar-refractivity contribution in [1.82, 2.24) is 15.0 Å². The molecule has 2 heterocycles. The number of methoxy groups -OCH3 is 1. The largest absolute Gasteiger partial charge is 0.497 e. The van der Waals surface area contributed by atoms with Crippen molar-refractivity contribution < 1.29 is 9.30 Å². The minimum atomic E-state index is 0.449. The van der Waals surface area contributed by atoms with Crippen LogP contribution in [0.2, 0.25) is 0 Å². The number of nitrogens with zero attached hydrogens (tertiary/aromatic N) is 3. The molecular weight excluding hydrogens is 612 g/mol. The number of benzene rings is 2. The van der Waals surface area contributed by atoms with Crippen LogP contribution in [0, 0.1) is 7.14 Å². The van der Waals surface area contributed by atoms with Gasteiger partial charge in [-0.1, -0.05) is 22.1 Å². The summed E-state index contributed by atoms with van der Waals surface area (Å²) in [6, 6.07) is 14.5. The Kier molecular flexibility index (Phi) is 6.44. The number of aromatic nitrogens is 4. The average Bonchev–Trinajstić information content (AvgIpc) is 3.15. The van der Waals surface area contributed by atoms with Crippen LogP contribution in [0.3, 0.4) is 0 Å². The second kappa shape index (κ2) is 9.04. The van der Waals surface area contributed by atoms with E-state index in [1.807, 2.05) is 22.8 Å². The minimum Gasteiger partial charge on any atom is -0.497 e. The Hall–Kier alpha value is -1.60. The van der Waals surface area contributed by atoms with Gasteiger partial charge in [0.2, 0.25) is 17.3 Å². The molecule has 3 N–H and O–H groups in total. The predicted octanol–water partition coefficient (Wildman–Crippen LogP) is 4.44. The maximum atomic E-state index is 6.10. The van der Waals surface area contributed by atoms with Gasteiger partial charge < -0.3 is 15.5 Å². The molecule has 9 heteroatoms. The van der Waals surface area contributed by atoms with Gasteiger partial charge in [0.05, 0.1) is 13.7 Å². The topological polar surface area (TPSA) is 80.7 Å². The first-order chi connectivity index (χ1) is 14.0. The number of nitrogen functional groups attached to an aromatic ring is 1. The molecule has 4 aromatic rings. The van der Waals surface area contributed by atoms with Crippen LogP contribution in [0.15, 0.2) is 58.8 Å². The summed E-state index contributed by atoms with van der Waals surface area (Å²) in [6.07, 6.45) is 2.65. The highest BCUT2D eigenvalue weighted by molar-refractivity contribution is 14.1. The fraction of sp³-hybridized carbons (Fsp3) is 0.150. The van der Waals surface area contributed by atoms with E-state index in [9.17, 15) is 0 Å². The minimum absolute atomic E-state index is 0.449. The van der Waals surface area contributed by atoms with E-state index in [1.54, 1.807) is 25.2 Å². The van der Waals surface area contributed by atoms with Crippen LogP contribution in [0.25, 0.3) is 11.2 Å². The highest BCUT2D eigenvalue weighted by Crippen LogP contribution is 2.33. The number of aryl methyl sites for hydroxylation is 2. The molecule has 4 rings (SSSR count). The summed E-state index contributed by atoms with van der Waals surface area (Å²) in [5, 5.41) is 0.772. The SMILES string of the molecule is COc1ccc(I)c(Sc2nc3c([nH]2)c(N)nc[n+]3CCc2ccc(I)cc2)c1. The Morgan fingerprint density at radius 1 is 1.17 bits per heavy atom. The molecule has 0 aliphatic heterocycles. The summed E-state index contributed by atoms with van der Waals surface area (Å²) < 4.78 is 9.75. The Labute approximate surface area is 200 Å². The van der Waals surface area contributed by atoms with E-state index in [4.69, 9.17) is 15.5 Å². The van der Waals surface area contributed by atoms with Crippen LogP contribution in [0.5, 0.6) is 5.75 Å². The van der Waals surface area contributed by atoms with Crippen molar-refractivity contribution in [3.05, 3.63) is 61.5 Å². The van der Waals surface area contributed by atoms with Gasteiger partial charge in [-0.25, -0.2) is 4.57 Å². The van der Waals surface area contributed by atoms with Crippen molar-refractivity contribution in [3.8, 4) is 5.75 Å². The maximum Gasteiger partial charge on any atom is 0.294 e. The molecule has 0 amide bonds. The Balaban J connectivity index is 1.62. The van der Waals surface area contributed by atoms with Crippen molar-refractivity contribution in [1.29, 1.82) is 0 Å². The summed E-state index contributed by atoms with van der Waals surface area (Å²) in [4.78, 5) is 13.5. The van der Waals surface area contributed by atoms with E-state index in [-0.39, 0.29) is 0 Å². The van der Waals surface area contributed by atoms with Gasteiger partial charge in [-0.3, -0.25) is 0 Å². The standard InChI is InChI=1S/C20H17I2N5OS/c1-28-14-6-7-15(22)16(10-14)29-20-25-17-18(23)24-11-27(19(17)26-20)9-8-12-2-4-13(21)5-3-12/h2-7,10-11H,8-9H2,1H3,(H2,23,25,26)/p+1. The number of ether oxygens (including phenoxy) is 1. The molecule has 0 radical (unpaired) electrons. The Morgan fingerprint density at radius 3 is 2.72 bits per heavy atom. The van der Waals surface area contributed by atoms with Crippen LogP contribution in [0.1, 0.15) is 5.56 Å². The van der Waals surface area contributed by atoms with Gasteiger partial charge in [0.25, 0.3) is 5.65 Å². The number of halogens is 2. The van der Waals surface area contributed by atoms with Gasteiger partial charge in [-0.05, 0) is 92.8 Å². The zero-order valence-electron chi connectivity index (χ0n) is 15.5. The molecule has 0 bridgehead atoms. The molecule has 2 aromatic carbocycles. The summed E-state index contributed by atoms with van der Waals surface area (Å²) >= 11 is 6.18. The lowest BCUT2D eigenvalue weighted by atomic mass is 10.1.